The fourth-order valence-corrected chi connectivity index (χ4v) is 7.13. The summed E-state index contributed by atoms with van der Waals surface area (Å²) in [7, 11) is 0. The zero-order valence-corrected chi connectivity index (χ0v) is 44.5. The van der Waals surface area contributed by atoms with Crippen LogP contribution in [0.1, 0.15) is 118 Å². The van der Waals surface area contributed by atoms with E-state index in [4.69, 9.17) is 32.2 Å². The number of carboxylic acid groups (broad SMARTS) is 4. The van der Waals surface area contributed by atoms with Gasteiger partial charge in [-0.1, -0.05) is 84.7 Å². The number of aliphatic carboxylic acids is 4. The van der Waals surface area contributed by atoms with Crippen LogP contribution in [0.15, 0.2) is 30.3 Å². The van der Waals surface area contributed by atoms with E-state index in [9.17, 15) is 76.1 Å². The van der Waals surface area contributed by atoms with Gasteiger partial charge in [0.15, 0.2) is 0 Å². The van der Waals surface area contributed by atoms with Crippen molar-refractivity contribution >= 4 is 71.1 Å². The van der Waals surface area contributed by atoms with Crippen molar-refractivity contribution in [1.29, 1.82) is 0 Å². The smallest absolute Gasteiger partial charge is 0.481 e. The Morgan fingerprint density at radius 3 is 1.40 bits per heavy atom. The molecule has 1 rings (SSSR count). The van der Waals surface area contributed by atoms with Gasteiger partial charge in [0.2, 0.25) is 47.3 Å². The van der Waals surface area contributed by atoms with Crippen molar-refractivity contribution in [3.63, 3.8) is 0 Å². The molecule has 29 heteroatoms. The number of benzene rings is 1. The lowest BCUT2D eigenvalue weighted by Crippen LogP contribution is -2.62. The van der Waals surface area contributed by atoms with E-state index in [0.717, 1.165) is 0 Å². The van der Waals surface area contributed by atoms with Crippen LogP contribution in [0.5, 0.6) is 0 Å². The fourth-order valence-electron chi connectivity index (χ4n) is 7.13. The molecule has 0 aliphatic heterocycles. The minimum atomic E-state index is -5.08. The molecule has 0 saturated heterocycles. The predicted molar refractivity (Wildman–Crippen MR) is 272 cm³/mol. The number of carbonyl (C=O) groups is 12. The third-order valence-electron chi connectivity index (χ3n) is 12.0. The Bertz CT molecular complexity index is 2190. The number of hydrogen-bond acceptors (Lipinski definition) is 14. The molecule has 1 aromatic rings. The fraction of sp³-hybridized carbons (Fsp3) is 0.633. The van der Waals surface area contributed by atoms with Gasteiger partial charge in [-0.3, -0.25) is 47.9 Å². The standard InChI is InChI=1S/C47H76N10O14.C2HF3O2/c1-7-26(5)38(57-46(69)39(27(6)8-2)56-40(63)29(49)17-19-36(59)60)45(68)54-33(24-35(50)58)44(67)53-32(23-28-14-10-9-11-15-28)43(66)52-31(18-20-37(61)62)42(65)51-30(16-12-13-21-48)41(64)55-34(47(70)71)22-25(3)4;3-2(4,5)1(6)7/h9-11,14-15,25-27,29-34,38-39H,7-8,12-13,16-24,48-49H2,1-6H3,(H2,50,58)(H,51,65)(H,52,66)(H,53,67)(H,54,68)(H,55,64)(H,56,63)(H,57,69)(H,59,60)(H,61,62)(H,70,71);(H,6,7). The molecule has 0 aliphatic rings. The molecule has 0 radical (unpaired) electrons. The Labute approximate surface area is 449 Å². The summed E-state index contributed by atoms with van der Waals surface area (Å²) in [6, 6.07) is -3.23. The molecule has 0 bridgehead atoms. The number of carbonyl (C=O) groups excluding carboxylic acids is 8. The van der Waals surface area contributed by atoms with E-state index in [1.165, 1.54) is 0 Å². The monoisotopic (exact) mass is 1120 g/mol. The summed E-state index contributed by atoms with van der Waals surface area (Å²) in [6.07, 6.45) is -6.34. The van der Waals surface area contributed by atoms with Crippen LogP contribution in [-0.2, 0) is 64.0 Å². The first-order valence-corrected chi connectivity index (χ1v) is 25.2. The predicted octanol–water partition coefficient (Wildman–Crippen LogP) is -0.460. The maximum atomic E-state index is 14.2. The number of primary amides is 1. The molecule has 0 saturated carbocycles. The summed E-state index contributed by atoms with van der Waals surface area (Å²) in [5.41, 5.74) is 17.5. The zero-order chi connectivity index (χ0) is 60.0. The number of nitrogens with one attached hydrogen (secondary N) is 7. The van der Waals surface area contributed by atoms with Crippen LogP contribution >= 0.6 is 0 Å². The second-order valence-electron chi connectivity index (χ2n) is 18.9. The molecule has 8 amide bonds. The van der Waals surface area contributed by atoms with E-state index in [1.807, 2.05) is 0 Å². The van der Waals surface area contributed by atoms with Gasteiger partial charge in [-0.15, -0.1) is 0 Å². The topological polar surface area (TPSA) is 448 Å². The average Bonchev–Trinajstić information content (AvgIpc) is 3.35. The van der Waals surface area contributed by atoms with Gasteiger partial charge < -0.3 is 74.8 Å². The van der Waals surface area contributed by atoms with Crippen molar-refractivity contribution < 1.29 is 91.1 Å². The number of unbranched alkanes of at least 4 members (excludes halogenated alkanes) is 1. The van der Waals surface area contributed by atoms with E-state index in [-0.39, 0.29) is 38.1 Å². The zero-order valence-electron chi connectivity index (χ0n) is 44.5. The number of alkyl halides is 3. The number of nitrogens with two attached hydrogens (primary N) is 3. The third kappa shape index (κ3) is 28.1. The van der Waals surface area contributed by atoms with Gasteiger partial charge >= 0.3 is 30.1 Å². The highest BCUT2D eigenvalue weighted by molar-refractivity contribution is 5.99. The maximum Gasteiger partial charge on any atom is 0.490 e. The molecule has 10 atom stereocenters. The van der Waals surface area contributed by atoms with E-state index in [1.54, 1.807) is 71.9 Å². The lowest BCUT2D eigenvalue weighted by molar-refractivity contribution is -0.192. The summed E-state index contributed by atoms with van der Waals surface area (Å²) >= 11 is 0. The van der Waals surface area contributed by atoms with Crippen LogP contribution in [0.4, 0.5) is 13.2 Å². The first-order chi connectivity index (χ1) is 36.3. The number of halogens is 3. The summed E-state index contributed by atoms with van der Waals surface area (Å²) in [5.74, 6) is -15.4. The second-order valence-corrected chi connectivity index (χ2v) is 18.9. The first-order valence-electron chi connectivity index (χ1n) is 25.2. The summed E-state index contributed by atoms with van der Waals surface area (Å²) < 4.78 is 31.7. The molecular weight excluding hydrogens is 1040 g/mol. The van der Waals surface area contributed by atoms with Crippen LogP contribution in [0, 0.1) is 17.8 Å². The summed E-state index contributed by atoms with van der Waals surface area (Å²) in [4.78, 5) is 153. The molecular formula is C49H77F3N10O16. The third-order valence-corrected chi connectivity index (χ3v) is 12.0. The lowest BCUT2D eigenvalue weighted by atomic mass is 9.94. The van der Waals surface area contributed by atoms with Crippen LogP contribution in [0.3, 0.4) is 0 Å². The first kappa shape index (κ1) is 70.6. The number of carboxylic acids is 4. The van der Waals surface area contributed by atoms with E-state index in [2.05, 4.69) is 37.2 Å². The Morgan fingerprint density at radius 2 is 0.962 bits per heavy atom. The van der Waals surface area contributed by atoms with Gasteiger partial charge in [-0.2, -0.15) is 13.2 Å². The largest absolute Gasteiger partial charge is 0.490 e. The Kier molecular flexibility index (Phi) is 32.4. The van der Waals surface area contributed by atoms with E-state index >= 15 is 0 Å². The molecule has 26 nitrogen and oxygen atoms in total. The van der Waals surface area contributed by atoms with Gasteiger partial charge in [-0.05, 0) is 68.4 Å². The SMILES string of the molecule is CCC(C)C(NC(=O)C(N)CCC(=O)O)C(=O)NC(C(=O)NC(CC(N)=O)C(=O)NC(Cc1ccccc1)C(=O)NC(CCC(=O)O)C(=O)NC(CCCCN)C(=O)NC(CC(C)C)C(=O)O)C(C)CC.O=C(O)C(F)(F)F. The Morgan fingerprint density at radius 1 is 0.551 bits per heavy atom. The molecule has 0 heterocycles. The van der Waals surface area contributed by atoms with Crippen molar-refractivity contribution in [3.8, 4) is 0 Å². The van der Waals surface area contributed by atoms with Crippen molar-refractivity contribution in [1.82, 2.24) is 37.2 Å². The van der Waals surface area contributed by atoms with Gasteiger partial charge in [0.05, 0.1) is 12.5 Å². The lowest BCUT2D eigenvalue weighted by Gasteiger charge is -2.30. The highest BCUT2D eigenvalue weighted by Crippen LogP contribution is 2.16. The number of hydrogen-bond donors (Lipinski definition) is 14. The molecule has 10 unspecified atom stereocenters. The molecule has 17 N–H and O–H groups in total. The molecule has 78 heavy (non-hydrogen) atoms. The van der Waals surface area contributed by atoms with Crippen LogP contribution in [0.25, 0.3) is 0 Å². The maximum absolute atomic E-state index is 14.2. The quantitative estimate of drug-likeness (QED) is 0.0382. The minimum absolute atomic E-state index is 0.00349. The van der Waals surface area contributed by atoms with E-state index < -0.39 is 163 Å². The molecule has 0 fully saturated rings. The second kappa shape index (κ2) is 35.8. The molecule has 1 aromatic carbocycles. The average molecular weight is 1120 g/mol. The summed E-state index contributed by atoms with van der Waals surface area (Å²) in [6.45, 7) is 10.5. The molecule has 440 valence electrons. The molecule has 0 aromatic heterocycles. The Hall–Kier alpha value is -7.43. The number of rotatable bonds is 35. The van der Waals surface area contributed by atoms with Crippen LogP contribution in [-0.4, -0.2) is 153 Å². The van der Waals surface area contributed by atoms with Crippen molar-refractivity contribution in [2.24, 2.45) is 35.0 Å². The normalized spacial score (nSPS) is 15.0. The Balaban J connectivity index is 0.00000788. The van der Waals surface area contributed by atoms with Crippen LogP contribution < -0.4 is 54.4 Å². The molecule has 0 aliphatic carbocycles. The molecule has 0 spiro atoms. The van der Waals surface area contributed by atoms with Gasteiger partial charge in [-0.25, -0.2) is 9.59 Å². The summed E-state index contributed by atoms with van der Waals surface area (Å²) in [5, 5.41) is 53.0. The van der Waals surface area contributed by atoms with Crippen molar-refractivity contribution in [2.45, 2.75) is 173 Å². The van der Waals surface area contributed by atoms with E-state index in [0.29, 0.717) is 31.2 Å². The van der Waals surface area contributed by atoms with Gasteiger partial charge in [0, 0.05) is 19.3 Å². The number of amides is 8. The van der Waals surface area contributed by atoms with Gasteiger partial charge in [0.25, 0.3) is 0 Å². The highest BCUT2D eigenvalue weighted by atomic mass is 19.4. The minimum Gasteiger partial charge on any atom is -0.481 e. The van der Waals surface area contributed by atoms with Crippen molar-refractivity contribution in [3.05, 3.63) is 35.9 Å². The highest BCUT2D eigenvalue weighted by Gasteiger charge is 2.39. The van der Waals surface area contributed by atoms with Crippen molar-refractivity contribution in [2.75, 3.05) is 6.54 Å². The van der Waals surface area contributed by atoms with Crippen LogP contribution in [0.2, 0.25) is 0 Å². The van der Waals surface area contributed by atoms with Gasteiger partial charge in [0.1, 0.15) is 42.3 Å².